The van der Waals surface area contributed by atoms with Gasteiger partial charge in [0.1, 0.15) is 5.69 Å². The predicted molar refractivity (Wildman–Crippen MR) is 106 cm³/mol. The molecule has 140 valence electrons. The summed E-state index contributed by atoms with van der Waals surface area (Å²) in [6.45, 7) is 2.76. The maximum absolute atomic E-state index is 12.5. The Morgan fingerprint density at radius 3 is 2.85 bits per heavy atom. The minimum atomic E-state index is -0.516. The average Bonchev–Trinajstić information content (AvgIpc) is 3.01. The van der Waals surface area contributed by atoms with E-state index in [1.54, 1.807) is 19.2 Å². The van der Waals surface area contributed by atoms with Gasteiger partial charge in [0.15, 0.2) is 0 Å². The molecule has 9 heteroatoms. The average molecular weight is 386 g/mol. The summed E-state index contributed by atoms with van der Waals surface area (Å²) in [5.41, 5.74) is 1.88. The number of carbonyl (C=O) groups excluding carboxylic acids is 1. The lowest BCUT2D eigenvalue weighted by Crippen LogP contribution is -2.13. The third-order valence-corrected chi connectivity index (χ3v) is 4.77. The Labute approximate surface area is 159 Å². The number of benzene rings is 2. The van der Waals surface area contributed by atoms with E-state index in [1.807, 2.05) is 19.1 Å². The molecule has 0 spiro atoms. The molecule has 0 aliphatic carbocycles. The molecule has 0 aliphatic rings. The number of aromatic nitrogens is 1. The maximum Gasteiger partial charge on any atom is 0.293 e. The zero-order valence-corrected chi connectivity index (χ0v) is 15.6. The van der Waals surface area contributed by atoms with Crippen molar-refractivity contribution >= 4 is 44.5 Å². The number of nitrogens with one attached hydrogen (secondary N) is 2. The normalized spacial score (nSPS) is 10.7. The van der Waals surface area contributed by atoms with Gasteiger partial charge in [-0.3, -0.25) is 14.9 Å². The number of nitro benzene ring substituents is 1. The van der Waals surface area contributed by atoms with Gasteiger partial charge in [-0.2, -0.15) is 0 Å². The number of rotatable bonds is 7. The van der Waals surface area contributed by atoms with Crippen LogP contribution in [0, 0.1) is 17.0 Å². The van der Waals surface area contributed by atoms with Crippen LogP contribution in [0.3, 0.4) is 0 Å². The van der Waals surface area contributed by atoms with Crippen molar-refractivity contribution in [3.63, 3.8) is 0 Å². The molecule has 2 aromatic carbocycles. The van der Waals surface area contributed by atoms with E-state index in [4.69, 9.17) is 4.74 Å². The highest BCUT2D eigenvalue weighted by Gasteiger charge is 2.17. The van der Waals surface area contributed by atoms with Gasteiger partial charge in [0, 0.05) is 31.0 Å². The lowest BCUT2D eigenvalue weighted by Gasteiger charge is -2.09. The fourth-order valence-electron chi connectivity index (χ4n) is 2.58. The fraction of sp³-hybridized carbons (Fsp3) is 0.222. The van der Waals surface area contributed by atoms with Crippen LogP contribution in [-0.4, -0.2) is 36.1 Å². The van der Waals surface area contributed by atoms with Crippen LogP contribution in [0.1, 0.15) is 15.4 Å². The summed E-state index contributed by atoms with van der Waals surface area (Å²) in [6, 6.07) is 9.77. The SMILES string of the molecule is COCCNc1ccc(C(=O)Nc2ccc3nc(C)sc3c2)cc1[N+](=O)[O-]. The van der Waals surface area contributed by atoms with Crippen LogP contribution in [0.5, 0.6) is 0 Å². The highest BCUT2D eigenvalue weighted by molar-refractivity contribution is 7.18. The lowest BCUT2D eigenvalue weighted by molar-refractivity contribution is -0.384. The number of ether oxygens (including phenoxy) is 1. The molecule has 0 atom stereocenters. The number of methoxy groups -OCH3 is 1. The minimum Gasteiger partial charge on any atom is -0.383 e. The van der Waals surface area contributed by atoms with Crippen LogP contribution in [-0.2, 0) is 4.74 Å². The third kappa shape index (κ3) is 4.39. The van der Waals surface area contributed by atoms with E-state index >= 15 is 0 Å². The summed E-state index contributed by atoms with van der Waals surface area (Å²) in [7, 11) is 1.55. The van der Waals surface area contributed by atoms with Crippen LogP contribution in [0.2, 0.25) is 0 Å². The monoisotopic (exact) mass is 386 g/mol. The van der Waals surface area contributed by atoms with E-state index in [2.05, 4.69) is 15.6 Å². The Morgan fingerprint density at radius 2 is 2.11 bits per heavy atom. The van der Waals surface area contributed by atoms with Crippen LogP contribution < -0.4 is 10.6 Å². The Bertz CT molecular complexity index is 1000. The van der Waals surface area contributed by atoms with Crippen molar-refractivity contribution in [2.45, 2.75) is 6.92 Å². The molecule has 1 amide bonds. The molecule has 0 saturated heterocycles. The first-order chi connectivity index (χ1) is 13.0. The summed E-state index contributed by atoms with van der Waals surface area (Å²) in [4.78, 5) is 27.7. The van der Waals surface area contributed by atoms with E-state index in [0.29, 0.717) is 24.5 Å². The summed E-state index contributed by atoms with van der Waals surface area (Å²) in [6.07, 6.45) is 0. The molecule has 0 saturated carbocycles. The van der Waals surface area contributed by atoms with Crippen molar-refractivity contribution in [1.82, 2.24) is 4.98 Å². The third-order valence-electron chi connectivity index (χ3n) is 3.83. The Balaban J connectivity index is 1.80. The van der Waals surface area contributed by atoms with Crippen LogP contribution in [0.25, 0.3) is 10.2 Å². The topological polar surface area (TPSA) is 106 Å². The van der Waals surface area contributed by atoms with Gasteiger partial charge in [0.05, 0.1) is 26.8 Å². The number of hydrogen-bond acceptors (Lipinski definition) is 7. The Kier molecular flexibility index (Phi) is 5.63. The van der Waals surface area contributed by atoms with Crippen molar-refractivity contribution in [2.24, 2.45) is 0 Å². The van der Waals surface area contributed by atoms with Gasteiger partial charge in [-0.05, 0) is 37.3 Å². The second-order valence-corrected chi connectivity index (χ2v) is 7.01. The van der Waals surface area contributed by atoms with Gasteiger partial charge in [-0.1, -0.05) is 0 Å². The Hall–Kier alpha value is -3.04. The highest BCUT2D eigenvalue weighted by Crippen LogP contribution is 2.27. The van der Waals surface area contributed by atoms with Gasteiger partial charge in [0.2, 0.25) is 0 Å². The van der Waals surface area contributed by atoms with Gasteiger partial charge in [0.25, 0.3) is 11.6 Å². The van der Waals surface area contributed by atoms with Crippen molar-refractivity contribution in [3.8, 4) is 0 Å². The molecule has 1 aromatic heterocycles. The van der Waals surface area contributed by atoms with E-state index < -0.39 is 10.8 Å². The maximum atomic E-state index is 12.5. The number of amides is 1. The first kappa shape index (κ1) is 18.7. The molecule has 3 rings (SSSR count). The first-order valence-corrected chi connectivity index (χ1v) is 8.99. The molecule has 0 unspecified atom stereocenters. The molecule has 0 radical (unpaired) electrons. The van der Waals surface area contributed by atoms with Crippen LogP contribution in [0.4, 0.5) is 17.1 Å². The second kappa shape index (κ2) is 8.11. The lowest BCUT2D eigenvalue weighted by atomic mass is 10.1. The number of thiazole rings is 1. The molecular formula is C18H18N4O4S. The zero-order valence-electron chi connectivity index (χ0n) is 14.8. The van der Waals surface area contributed by atoms with Gasteiger partial charge < -0.3 is 15.4 Å². The van der Waals surface area contributed by atoms with E-state index in [1.165, 1.54) is 23.5 Å². The number of fused-ring (bicyclic) bond motifs is 1. The number of carbonyl (C=O) groups is 1. The van der Waals surface area contributed by atoms with E-state index in [-0.39, 0.29) is 11.3 Å². The molecule has 0 bridgehead atoms. The molecule has 27 heavy (non-hydrogen) atoms. The fourth-order valence-corrected chi connectivity index (χ4v) is 3.45. The summed E-state index contributed by atoms with van der Waals surface area (Å²) in [5, 5.41) is 18.0. The minimum absolute atomic E-state index is 0.160. The second-order valence-electron chi connectivity index (χ2n) is 5.78. The van der Waals surface area contributed by atoms with Gasteiger partial charge in [-0.15, -0.1) is 11.3 Å². The van der Waals surface area contributed by atoms with E-state index in [0.717, 1.165) is 15.2 Å². The van der Waals surface area contributed by atoms with Gasteiger partial charge >= 0.3 is 0 Å². The molecule has 3 aromatic rings. The van der Waals surface area contributed by atoms with Crippen molar-refractivity contribution in [1.29, 1.82) is 0 Å². The largest absolute Gasteiger partial charge is 0.383 e. The van der Waals surface area contributed by atoms with Crippen LogP contribution in [0.15, 0.2) is 36.4 Å². The number of nitrogens with zero attached hydrogens (tertiary/aromatic N) is 2. The van der Waals surface area contributed by atoms with Crippen molar-refractivity contribution in [3.05, 3.63) is 57.1 Å². The number of hydrogen-bond donors (Lipinski definition) is 2. The molecule has 1 heterocycles. The first-order valence-electron chi connectivity index (χ1n) is 8.17. The summed E-state index contributed by atoms with van der Waals surface area (Å²) >= 11 is 1.54. The predicted octanol–water partition coefficient (Wildman–Crippen LogP) is 3.82. The molecule has 0 aliphatic heterocycles. The highest BCUT2D eigenvalue weighted by atomic mass is 32.1. The molecule has 8 nitrogen and oxygen atoms in total. The van der Waals surface area contributed by atoms with E-state index in [9.17, 15) is 14.9 Å². The number of anilines is 2. The molecular weight excluding hydrogens is 368 g/mol. The van der Waals surface area contributed by atoms with Crippen molar-refractivity contribution in [2.75, 3.05) is 30.9 Å². The van der Waals surface area contributed by atoms with Crippen molar-refractivity contribution < 1.29 is 14.5 Å². The molecule has 0 fully saturated rings. The quantitative estimate of drug-likeness (QED) is 0.363. The van der Waals surface area contributed by atoms with Crippen LogP contribution >= 0.6 is 11.3 Å². The number of aryl methyl sites for hydroxylation is 1. The summed E-state index contributed by atoms with van der Waals surface area (Å²) in [5.74, 6) is -0.415. The smallest absolute Gasteiger partial charge is 0.293 e. The standard InChI is InChI=1S/C18H18N4O4S/c1-11-20-15-6-4-13(10-17(15)27-11)21-18(23)12-3-5-14(19-7-8-26-2)16(9-12)22(24)25/h3-6,9-10,19H,7-8H2,1-2H3,(H,21,23). The number of nitro groups is 1. The zero-order chi connectivity index (χ0) is 19.4. The Morgan fingerprint density at radius 1 is 1.30 bits per heavy atom. The summed E-state index contributed by atoms with van der Waals surface area (Å²) < 4.78 is 5.89. The van der Waals surface area contributed by atoms with Gasteiger partial charge in [-0.25, -0.2) is 4.98 Å². The molecule has 2 N–H and O–H groups in total.